The maximum absolute atomic E-state index is 13.6. The maximum atomic E-state index is 13.6. The van der Waals surface area contributed by atoms with Gasteiger partial charge >= 0.3 is 6.09 Å². The Balaban J connectivity index is 2.34. The highest BCUT2D eigenvalue weighted by Crippen LogP contribution is 2.28. The number of phenolic OH excluding ortho intramolecular Hbond substituents is 1. The van der Waals surface area contributed by atoms with Crippen LogP contribution in [0.1, 0.15) is 90.3 Å². The number of nitrogens with zero attached hydrogens (tertiary/aromatic N) is 1. The predicted molar refractivity (Wildman–Crippen MR) is 131 cm³/mol. The van der Waals surface area contributed by atoms with Crippen molar-refractivity contribution in [3.8, 4) is 5.75 Å². The molecule has 34 heavy (non-hydrogen) atoms. The van der Waals surface area contributed by atoms with E-state index in [1.54, 1.807) is 52.8 Å². The lowest BCUT2D eigenvalue weighted by molar-refractivity contribution is -0.142. The Morgan fingerprint density at radius 3 is 2.38 bits per heavy atom. The molecule has 8 nitrogen and oxygen atoms in total. The standard InChI is InChI=1S/C26H41N3O5/c1-7-15-29(24(32)18(3)27-25(33)34-26(4,5)6)22(19-13-14-21(30)17(2)16-19)23(31)28-20-11-9-8-10-12-20/h13-14,16,18,20,22,30H,7-12,15H2,1-6H3,(H,27,33)(H,28,31). The van der Waals surface area contributed by atoms with Gasteiger partial charge in [-0.2, -0.15) is 0 Å². The normalized spacial score (nSPS) is 16.3. The van der Waals surface area contributed by atoms with Crippen LogP contribution in [0.2, 0.25) is 0 Å². The number of aromatic hydroxyl groups is 1. The van der Waals surface area contributed by atoms with Gasteiger partial charge in [0.1, 0.15) is 23.4 Å². The molecule has 0 spiro atoms. The van der Waals surface area contributed by atoms with Crippen molar-refractivity contribution in [1.29, 1.82) is 0 Å². The van der Waals surface area contributed by atoms with E-state index < -0.39 is 23.8 Å². The van der Waals surface area contributed by atoms with Crippen LogP contribution in [0.4, 0.5) is 4.79 Å². The molecule has 2 unspecified atom stereocenters. The molecule has 8 heteroatoms. The summed E-state index contributed by atoms with van der Waals surface area (Å²) in [4.78, 5) is 40.9. The fourth-order valence-electron chi connectivity index (χ4n) is 4.25. The third-order valence-corrected chi connectivity index (χ3v) is 5.90. The summed E-state index contributed by atoms with van der Waals surface area (Å²) in [5.41, 5.74) is 0.550. The molecular formula is C26H41N3O5. The topological polar surface area (TPSA) is 108 Å². The van der Waals surface area contributed by atoms with Crippen molar-refractivity contribution in [2.24, 2.45) is 0 Å². The highest BCUT2D eigenvalue weighted by molar-refractivity contribution is 5.92. The molecule has 1 aromatic rings. The molecule has 0 saturated heterocycles. The second-order valence-corrected chi connectivity index (χ2v) is 10.2. The molecule has 1 fully saturated rings. The Morgan fingerprint density at radius 2 is 1.82 bits per heavy atom. The quantitative estimate of drug-likeness (QED) is 0.518. The monoisotopic (exact) mass is 475 g/mol. The number of aryl methyl sites for hydroxylation is 1. The van der Waals surface area contributed by atoms with E-state index in [-0.39, 0.29) is 23.6 Å². The first-order valence-corrected chi connectivity index (χ1v) is 12.3. The molecule has 1 aliphatic rings. The molecule has 2 rings (SSSR count). The molecule has 1 aliphatic carbocycles. The number of hydrogen-bond donors (Lipinski definition) is 3. The van der Waals surface area contributed by atoms with Crippen molar-refractivity contribution in [2.75, 3.05) is 6.54 Å². The molecule has 0 aliphatic heterocycles. The van der Waals surface area contributed by atoms with E-state index in [1.165, 1.54) is 11.3 Å². The summed E-state index contributed by atoms with van der Waals surface area (Å²) in [6.45, 7) is 10.9. The van der Waals surface area contributed by atoms with E-state index in [9.17, 15) is 19.5 Å². The third-order valence-electron chi connectivity index (χ3n) is 5.90. The van der Waals surface area contributed by atoms with Crippen molar-refractivity contribution < 1.29 is 24.2 Å². The van der Waals surface area contributed by atoms with E-state index in [1.807, 2.05) is 6.92 Å². The summed E-state index contributed by atoms with van der Waals surface area (Å²) in [7, 11) is 0. The molecule has 2 atom stereocenters. The number of rotatable bonds is 8. The van der Waals surface area contributed by atoms with E-state index in [4.69, 9.17) is 4.74 Å². The second-order valence-electron chi connectivity index (χ2n) is 10.2. The first-order valence-electron chi connectivity index (χ1n) is 12.3. The number of ether oxygens (including phenoxy) is 1. The van der Waals surface area contributed by atoms with Gasteiger partial charge in [-0.05, 0) is 77.1 Å². The van der Waals surface area contributed by atoms with E-state index >= 15 is 0 Å². The summed E-state index contributed by atoms with van der Waals surface area (Å²) >= 11 is 0. The van der Waals surface area contributed by atoms with Gasteiger partial charge in [-0.3, -0.25) is 9.59 Å². The minimum absolute atomic E-state index is 0.0813. The highest BCUT2D eigenvalue weighted by Gasteiger charge is 2.35. The molecule has 3 amide bonds. The van der Waals surface area contributed by atoms with E-state index in [2.05, 4.69) is 10.6 Å². The van der Waals surface area contributed by atoms with Gasteiger partial charge in [0.25, 0.3) is 0 Å². The van der Waals surface area contributed by atoms with Crippen LogP contribution in [-0.4, -0.2) is 52.1 Å². The first-order chi connectivity index (χ1) is 15.9. The summed E-state index contributed by atoms with van der Waals surface area (Å²) in [6, 6.07) is 3.28. The lowest BCUT2D eigenvalue weighted by atomic mass is 9.94. The Labute approximate surface area is 203 Å². The van der Waals surface area contributed by atoms with Crippen molar-refractivity contribution in [2.45, 2.75) is 104 Å². The number of nitrogens with one attached hydrogen (secondary N) is 2. The fourth-order valence-corrected chi connectivity index (χ4v) is 4.25. The largest absolute Gasteiger partial charge is 0.508 e. The summed E-state index contributed by atoms with van der Waals surface area (Å²) < 4.78 is 5.29. The zero-order valence-electron chi connectivity index (χ0n) is 21.4. The van der Waals surface area contributed by atoms with Crippen molar-refractivity contribution >= 4 is 17.9 Å². The summed E-state index contributed by atoms with van der Waals surface area (Å²) in [6.07, 6.45) is 5.10. The van der Waals surface area contributed by atoms with E-state index in [0.29, 0.717) is 24.1 Å². The molecular weight excluding hydrogens is 434 g/mol. The van der Waals surface area contributed by atoms with Gasteiger partial charge in [0.15, 0.2) is 0 Å². The van der Waals surface area contributed by atoms with Crippen LogP contribution < -0.4 is 10.6 Å². The van der Waals surface area contributed by atoms with Crippen LogP contribution in [0.3, 0.4) is 0 Å². The smallest absolute Gasteiger partial charge is 0.408 e. The third kappa shape index (κ3) is 7.92. The minimum Gasteiger partial charge on any atom is -0.508 e. The molecule has 0 heterocycles. The lowest BCUT2D eigenvalue weighted by Gasteiger charge is -2.35. The Hall–Kier alpha value is -2.77. The van der Waals surface area contributed by atoms with Gasteiger partial charge < -0.3 is 25.4 Å². The number of carbonyl (C=O) groups is 3. The number of carbonyl (C=O) groups excluding carboxylic acids is 3. The average Bonchev–Trinajstić information content (AvgIpc) is 2.74. The van der Waals surface area contributed by atoms with Gasteiger partial charge in [-0.15, -0.1) is 0 Å². The zero-order chi connectivity index (χ0) is 25.5. The summed E-state index contributed by atoms with van der Waals surface area (Å²) in [5.74, 6) is -0.492. The van der Waals surface area contributed by atoms with Gasteiger partial charge in [0, 0.05) is 12.6 Å². The minimum atomic E-state index is -0.885. The van der Waals surface area contributed by atoms with Gasteiger partial charge in [-0.25, -0.2) is 4.79 Å². The average molecular weight is 476 g/mol. The predicted octanol–water partition coefficient (Wildman–Crippen LogP) is 4.34. The zero-order valence-corrected chi connectivity index (χ0v) is 21.4. The van der Waals surface area contributed by atoms with Gasteiger partial charge in [0.05, 0.1) is 0 Å². The van der Waals surface area contributed by atoms with Gasteiger partial charge in [-0.1, -0.05) is 32.3 Å². The molecule has 0 radical (unpaired) electrons. The summed E-state index contributed by atoms with van der Waals surface area (Å²) in [5, 5.41) is 15.8. The van der Waals surface area contributed by atoms with Crippen LogP contribution in [0.15, 0.2) is 18.2 Å². The number of benzene rings is 1. The molecule has 0 aromatic heterocycles. The number of amides is 3. The second kappa shape index (κ2) is 12.1. The van der Waals surface area contributed by atoms with Gasteiger partial charge in [0.2, 0.25) is 11.8 Å². The van der Waals surface area contributed by atoms with Crippen molar-refractivity contribution in [3.63, 3.8) is 0 Å². The molecule has 3 N–H and O–H groups in total. The molecule has 190 valence electrons. The first kappa shape index (κ1) is 27.5. The SMILES string of the molecule is CCCN(C(=O)C(C)NC(=O)OC(C)(C)C)C(C(=O)NC1CCCCC1)c1ccc(O)c(C)c1. The van der Waals surface area contributed by atoms with Crippen molar-refractivity contribution in [3.05, 3.63) is 29.3 Å². The Bertz CT molecular complexity index is 858. The highest BCUT2D eigenvalue weighted by atomic mass is 16.6. The maximum Gasteiger partial charge on any atom is 0.408 e. The molecule has 1 aromatic carbocycles. The van der Waals surface area contributed by atoms with Crippen molar-refractivity contribution in [1.82, 2.24) is 15.5 Å². The lowest BCUT2D eigenvalue weighted by Crippen LogP contribution is -2.53. The molecule has 0 bridgehead atoms. The number of phenols is 1. The Kier molecular flexibility index (Phi) is 9.77. The number of alkyl carbamates (subject to hydrolysis) is 1. The van der Waals surface area contributed by atoms with Crippen LogP contribution in [0, 0.1) is 6.92 Å². The van der Waals surface area contributed by atoms with Crippen LogP contribution in [0.5, 0.6) is 5.75 Å². The van der Waals surface area contributed by atoms with E-state index in [0.717, 1.165) is 25.7 Å². The fraction of sp³-hybridized carbons (Fsp3) is 0.654. The Morgan fingerprint density at radius 1 is 1.18 bits per heavy atom. The molecule has 1 saturated carbocycles. The van der Waals surface area contributed by atoms with Crippen LogP contribution in [0.25, 0.3) is 0 Å². The van der Waals surface area contributed by atoms with Crippen LogP contribution in [-0.2, 0) is 14.3 Å². The van der Waals surface area contributed by atoms with Crippen LogP contribution >= 0.6 is 0 Å². The number of hydrogen-bond acceptors (Lipinski definition) is 5.